The van der Waals surface area contributed by atoms with E-state index in [-0.39, 0.29) is 24.3 Å². The summed E-state index contributed by atoms with van der Waals surface area (Å²) in [7, 11) is 1.82. The van der Waals surface area contributed by atoms with Crippen LogP contribution in [0.15, 0.2) is 12.4 Å². The van der Waals surface area contributed by atoms with E-state index in [9.17, 15) is 4.79 Å². The molecular weight excluding hydrogens is 398 g/mol. The fourth-order valence-corrected chi connectivity index (χ4v) is 4.42. The summed E-state index contributed by atoms with van der Waals surface area (Å²) in [6.07, 6.45) is 4.68. The minimum Gasteiger partial charge on any atom is -0.474 e. The van der Waals surface area contributed by atoms with E-state index in [1.165, 1.54) is 6.33 Å². The van der Waals surface area contributed by atoms with E-state index >= 15 is 0 Å². The first kappa shape index (κ1) is 21.4. The number of ether oxygens (including phenoxy) is 3. The predicted octanol–water partition coefficient (Wildman–Crippen LogP) is 3.93. The summed E-state index contributed by atoms with van der Waals surface area (Å²) in [5.41, 5.74) is 1.11. The second kappa shape index (κ2) is 8.01. The molecule has 0 saturated carbocycles. The molecular formula is C22H31N5O4. The summed E-state index contributed by atoms with van der Waals surface area (Å²) >= 11 is 0. The van der Waals surface area contributed by atoms with E-state index in [0.717, 1.165) is 36.9 Å². The van der Waals surface area contributed by atoms with Crippen LogP contribution in [0.3, 0.4) is 0 Å². The van der Waals surface area contributed by atoms with Gasteiger partial charge in [0.25, 0.3) is 0 Å². The molecule has 2 atom stereocenters. The normalized spacial score (nSPS) is 23.0. The van der Waals surface area contributed by atoms with Crippen molar-refractivity contribution in [1.82, 2.24) is 24.6 Å². The fourth-order valence-electron chi connectivity index (χ4n) is 4.42. The van der Waals surface area contributed by atoms with E-state index in [1.54, 1.807) is 4.68 Å². The molecule has 2 bridgehead atoms. The number of carbonyl (C=O) groups excluding carboxylic acids is 1. The van der Waals surface area contributed by atoms with E-state index in [4.69, 9.17) is 14.2 Å². The van der Waals surface area contributed by atoms with Gasteiger partial charge in [0.05, 0.1) is 11.3 Å². The quantitative estimate of drug-likeness (QED) is 0.727. The predicted molar refractivity (Wildman–Crippen MR) is 113 cm³/mol. The van der Waals surface area contributed by atoms with Gasteiger partial charge in [-0.3, -0.25) is 0 Å². The lowest BCUT2D eigenvalue weighted by Crippen LogP contribution is -2.50. The van der Waals surface area contributed by atoms with Gasteiger partial charge in [0.15, 0.2) is 0 Å². The lowest BCUT2D eigenvalue weighted by atomic mass is 10.00. The highest BCUT2D eigenvalue weighted by atomic mass is 16.6. The summed E-state index contributed by atoms with van der Waals surface area (Å²) in [5, 5.41) is 4.29. The Labute approximate surface area is 182 Å². The SMILES string of the molecule is Cc1cc(Oc2ncnc(OC3CC4CCC(C3)N4C(=O)OC(C)(C)C)c2C)n(C)n1. The first-order valence-corrected chi connectivity index (χ1v) is 10.8. The first-order chi connectivity index (χ1) is 14.6. The van der Waals surface area contributed by atoms with Crippen molar-refractivity contribution in [3.63, 3.8) is 0 Å². The van der Waals surface area contributed by atoms with Crippen LogP contribution in [-0.2, 0) is 11.8 Å². The number of rotatable bonds is 4. The minimum absolute atomic E-state index is 0.0171. The number of amides is 1. The number of fused-ring (bicyclic) bond motifs is 2. The van der Waals surface area contributed by atoms with Crippen LogP contribution in [0.1, 0.15) is 57.7 Å². The van der Waals surface area contributed by atoms with Crippen LogP contribution in [0.5, 0.6) is 17.6 Å². The largest absolute Gasteiger partial charge is 0.474 e. The highest BCUT2D eigenvalue weighted by molar-refractivity contribution is 5.69. The lowest BCUT2D eigenvalue weighted by Gasteiger charge is -2.39. The average molecular weight is 430 g/mol. The van der Waals surface area contributed by atoms with Crippen LogP contribution in [0.25, 0.3) is 0 Å². The van der Waals surface area contributed by atoms with Crippen molar-refractivity contribution in [1.29, 1.82) is 0 Å². The number of aryl methyl sites for hydroxylation is 2. The van der Waals surface area contributed by atoms with Crippen LogP contribution >= 0.6 is 0 Å². The molecule has 0 aromatic carbocycles. The van der Waals surface area contributed by atoms with E-state index in [0.29, 0.717) is 17.6 Å². The van der Waals surface area contributed by atoms with Crippen LogP contribution in [0.4, 0.5) is 4.79 Å². The lowest BCUT2D eigenvalue weighted by molar-refractivity contribution is -0.00772. The Morgan fingerprint density at radius 1 is 1.10 bits per heavy atom. The maximum atomic E-state index is 12.7. The fraction of sp³-hybridized carbons (Fsp3) is 0.636. The van der Waals surface area contributed by atoms with Gasteiger partial charge in [-0.1, -0.05) is 0 Å². The molecule has 2 aromatic rings. The highest BCUT2D eigenvalue weighted by Gasteiger charge is 2.45. The Balaban J connectivity index is 1.44. The summed E-state index contributed by atoms with van der Waals surface area (Å²) in [6, 6.07) is 2.12. The van der Waals surface area contributed by atoms with Gasteiger partial charge >= 0.3 is 6.09 Å². The van der Waals surface area contributed by atoms with Gasteiger partial charge in [0.2, 0.25) is 17.6 Å². The molecule has 9 nitrogen and oxygen atoms in total. The zero-order chi connectivity index (χ0) is 22.3. The summed E-state index contributed by atoms with van der Waals surface area (Å²) in [5.74, 6) is 1.56. The molecule has 0 aliphatic carbocycles. The molecule has 0 spiro atoms. The molecule has 4 heterocycles. The molecule has 4 rings (SSSR count). The molecule has 0 N–H and O–H groups in total. The second-order valence-corrected chi connectivity index (χ2v) is 9.44. The highest BCUT2D eigenvalue weighted by Crippen LogP contribution is 2.39. The smallest absolute Gasteiger partial charge is 0.410 e. The third kappa shape index (κ3) is 4.60. The van der Waals surface area contributed by atoms with Crippen molar-refractivity contribution in [2.24, 2.45) is 7.05 Å². The van der Waals surface area contributed by atoms with E-state index in [2.05, 4.69) is 15.1 Å². The molecule has 2 fully saturated rings. The van der Waals surface area contributed by atoms with Crippen molar-refractivity contribution >= 4 is 6.09 Å². The molecule has 1 amide bonds. The Kier molecular flexibility index (Phi) is 5.53. The van der Waals surface area contributed by atoms with Gasteiger partial charge in [-0.15, -0.1) is 0 Å². The third-order valence-corrected chi connectivity index (χ3v) is 5.72. The van der Waals surface area contributed by atoms with Crippen LogP contribution in [0.2, 0.25) is 0 Å². The monoisotopic (exact) mass is 429 g/mol. The Morgan fingerprint density at radius 2 is 1.74 bits per heavy atom. The zero-order valence-corrected chi connectivity index (χ0v) is 19.1. The van der Waals surface area contributed by atoms with Crippen molar-refractivity contribution in [2.45, 2.75) is 84.1 Å². The van der Waals surface area contributed by atoms with Crippen molar-refractivity contribution in [2.75, 3.05) is 0 Å². The second-order valence-electron chi connectivity index (χ2n) is 9.44. The summed E-state index contributed by atoms with van der Waals surface area (Å²) in [4.78, 5) is 23.2. The molecule has 168 valence electrons. The number of aromatic nitrogens is 4. The summed E-state index contributed by atoms with van der Waals surface area (Å²) in [6.45, 7) is 9.48. The first-order valence-electron chi connectivity index (χ1n) is 10.8. The maximum Gasteiger partial charge on any atom is 0.410 e. The molecule has 2 aliphatic heterocycles. The maximum absolute atomic E-state index is 12.7. The van der Waals surface area contributed by atoms with Crippen LogP contribution in [0, 0.1) is 13.8 Å². The standard InChI is InChI=1S/C22H31N5O4/c1-13-9-18(26(6)25-13)30-20-14(2)19(23-12-24-20)29-17-10-15-7-8-16(11-17)27(15)21(28)31-22(3,4)5/h9,12,15-17H,7-8,10-11H2,1-6H3. The van der Waals surface area contributed by atoms with Crippen LogP contribution in [-0.4, -0.2) is 54.5 Å². The van der Waals surface area contributed by atoms with Gasteiger partial charge in [0, 0.05) is 38.0 Å². The molecule has 9 heteroatoms. The van der Waals surface area contributed by atoms with Gasteiger partial charge < -0.3 is 19.1 Å². The van der Waals surface area contributed by atoms with Gasteiger partial charge in [0.1, 0.15) is 18.0 Å². The van der Waals surface area contributed by atoms with Gasteiger partial charge in [-0.25, -0.2) is 19.4 Å². The minimum atomic E-state index is -0.495. The molecule has 2 unspecified atom stereocenters. The van der Waals surface area contributed by atoms with Gasteiger partial charge in [-0.2, -0.15) is 5.10 Å². The van der Waals surface area contributed by atoms with Crippen molar-refractivity contribution in [3.05, 3.63) is 23.7 Å². The zero-order valence-electron chi connectivity index (χ0n) is 19.1. The average Bonchev–Trinajstić information content (AvgIpc) is 3.12. The van der Waals surface area contributed by atoms with E-state index < -0.39 is 5.60 Å². The van der Waals surface area contributed by atoms with E-state index in [1.807, 2.05) is 52.6 Å². The summed E-state index contributed by atoms with van der Waals surface area (Å²) < 4.78 is 19.5. The Bertz CT molecular complexity index is 953. The van der Waals surface area contributed by atoms with Crippen LogP contribution < -0.4 is 9.47 Å². The van der Waals surface area contributed by atoms with Crippen molar-refractivity contribution < 1.29 is 19.0 Å². The molecule has 2 aromatic heterocycles. The number of hydrogen-bond donors (Lipinski definition) is 0. The number of piperidine rings is 1. The molecule has 2 aliphatic rings. The molecule has 2 saturated heterocycles. The van der Waals surface area contributed by atoms with Crippen molar-refractivity contribution in [3.8, 4) is 17.6 Å². The third-order valence-electron chi connectivity index (χ3n) is 5.72. The molecule has 31 heavy (non-hydrogen) atoms. The number of nitrogens with zero attached hydrogens (tertiary/aromatic N) is 5. The molecule has 0 radical (unpaired) electrons. The Hall–Kier alpha value is -2.84. The number of hydrogen-bond acceptors (Lipinski definition) is 7. The Morgan fingerprint density at radius 3 is 2.32 bits per heavy atom. The van der Waals surface area contributed by atoms with Gasteiger partial charge in [-0.05, 0) is 47.5 Å². The topological polar surface area (TPSA) is 91.6 Å². The number of carbonyl (C=O) groups is 1.